The van der Waals surface area contributed by atoms with E-state index in [9.17, 15) is 0 Å². The molecule has 0 unspecified atom stereocenters. The number of terminal acetylenes is 1. The first-order valence-corrected chi connectivity index (χ1v) is 8.87. The summed E-state index contributed by atoms with van der Waals surface area (Å²) in [7, 11) is 0. The lowest BCUT2D eigenvalue weighted by atomic mass is 10.0. The molecule has 0 aliphatic carbocycles. The highest BCUT2D eigenvalue weighted by atomic mass is 16.5. The van der Waals surface area contributed by atoms with Crippen LogP contribution in [0.15, 0.2) is 60.9 Å². The smallest absolute Gasteiger partial charge is 0.148 e. The molecule has 0 amide bonds. The first kappa shape index (κ1) is 16.4. The van der Waals surface area contributed by atoms with Gasteiger partial charge in [0.2, 0.25) is 0 Å². The first-order valence-electron chi connectivity index (χ1n) is 8.87. The third kappa shape index (κ3) is 3.10. The summed E-state index contributed by atoms with van der Waals surface area (Å²) in [5.41, 5.74) is 4.16. The Bertz CT molecular complexity index is 918. The molecule has 0 bridgehead atoms. The van der Waals surface area contributed by atoms with Gasteiger partial charge in [-0.25, -0.2) is 4.98 Å². The second-order valence-electron chi connectivity index (χ2n) is 6.35. The maximum Gasteiger partial charge on any atom is 0.148 e. The lowest BCUT2D eigenvalue weighted by molar-refractivity contribution is 0.371. The Morgan fingerprint density at radius 3 is 2.73 bits per heavy atom. The van der Waals surface area contributed by atoms with Gasteiger partial charge < -0.3 is 14.6 Å². The van der Waals surface area contributed by atoms with Crippen molar-refractivity contribution in [2.24, 2.45) is 0 Å². The third-order valence-electron chi connectivity index (χ3n) is 4.72. The average Bonchev–Trinajstić information content (AvgIpc) is 3.36. The van der Waals surface area contributed by atoms with Gasteiger partial charge in [-0.05, 0) is 25.1 Å². The summed E-state index contributed by atoms with van der Waals surface area (Å²) in [6.45, 7) is 2.22. The summed E-state index contributed by atoms with van der Waals surface area (Å²) in [5, 5.41) is 3.44. The van der Waals surface area contributed by atoms with Crippen LogP contribution >= 0.6 is 0 Å². The fraction of sp³-hybridized carbons (Fsp3) is 0.227. The van der Waals surface area contributed by atoms with Crippen molar-refractivity contribution in [2.75, 3.05) is 19.7 Å². The number of benzene rings is 2. The predicted molar refractivity (Wildman–Crippen MR) is 104 cm³/mol. The van der Waals surface area contributed by atoms with E-state index in [0.717, 1.165) is 47.8 Å². The lowest BCUT2D eigenvalue weighted by Gasteiger charge is -2.18. The summed E-state index contributed by atoms with van der Waals surface area (Å²) < 4.78 is 8.10. The maximum absolute atomic E-state index is 5.83. The molecule has 4 rings (SSSR count). The molecule has 2 heterocycles. The van der Waals surface area contributed by atoms with E-state index in [1.165, 1.54) is 0 Å². The molecular formula is C22H21N3O. The van der Waals surface area contributed by atoms with Crippen LogP contribution in [-0.2, 0) is 0 Å². The molecule has 26 heavy (non-hydrogen) atoms. The molecule has 0 spiro atoms. The molecule has 4 nitrogen and oxygen atoms in total. The number of nitrogens with zero attached hydrogens (tertiary/aromatic N) is 2. The van der Waals surface area contributed by atoms with E-state index in [1.807, 2.05) is 42.7 Å². The number of aromatic nitrogens is 2. The molecule has 2 aromatic carbocycles. The highest BCUT2D eigenvalue weighted by Gasteiger charge is 2.24. The van der Waals surface area contributed by atoms with Crippen LogP contribution in [0.5, 0.6) is 5.75 Å². The van der Waals surface area contributed by atoms with Gasteiger partial charge >= 0.3 is 0 Å². The van der Waals surface area contributed by atoms with Crippen molar-refractivity contribution in [3.8, 4) is 40.6 Å². The second-order valence-corrected chi connectivity index (χ2v) is 6.35. The van der Waals surface area contributed by atoms with Gasteiger partial charge in [0.05, 0.1) is 17.7 Å². The molecule has 1 fully saturated rings. The van der Waals surface area contributed by atoms with Gasteiger partial charge in [-0.15, -0.1) is 6.42 Å². The number of ether oxygens (including phenoxy) is 1. The fourth-order valence-electron chi connectivity index (χ4n) is 3.50. The lowest BCUT2D eigenvalue weighted by Crippen LogP contribution is -2.14. The van der Waals surface area contributed by atoms with E-state index in [1.54, 1.807) is 0 Å². The van der Waals surface area contributed by atoms with E-state index in [0.29, 0.717) is 6.04 Å². The fourth-order valence-corrected chi connectivity index (χ4v) is 3.50. The predicted octanol–water partition coefficient (Wildman–Crippen LogP) is 3.76. The topological polar surface area (TPSA) is 39.1 Å². The second kappa shape index (κ2) is 7.47. The average molecular weight is 343 g/mol. The highest BCUT2D eigenvalue weighted by molar-refractivity contribution is 5.81. The molecular weight excluding hydrogens is 322 g/mol. The molecule has 1 aliphatic rings. The molecule has 0 radical (unpaired) electrons. The van der Waals surface area contributed by atoms with Crippen LogP contribution < -0.4 is 10.1 Å². The summed E-state index contributed by atoms with van der Waals surface area (Å²) in [5.74, 6) is 3.34. The number of imidazole rings is 1. The van der Waals surface area contributed by atoms with Gasteiger partial charge in [0.25, 0.3) is 0 Å². The number of rotatable bonds is 5. The summed E-state index contributed by atoms with van der Waals surface area (Å²) in [6.07, 6.45) is 8.43. The zero-order valence-corrected chi connectivity index (χ0v) is 14.6. The van der Waals surface area contributed by atoms with Crippen molar-refractivity contribution in [2.45, 2.75) is 12.5 Å². The normalized spacial score (nSPS) is 16.3. The van der Waals surface area contributed by atoms with Gasteiger partial charge in [-0.3, -0.25) is 0 Å². The van der Waals surface area contributed by atoms with Crippen molar-refractivity contribution in [1.29, 1.82) is 0 Å². The van der Waals surface area contributed by atoms with Crippen LogP contribution in [0.1, 0.15) is 12.5 Å². The zero-order chi connectivity index (χ0) is 17.8. The van der Waals surface area contributed by atoms with Crippen LogP contribution in [-0.4, -0.2) is 29.2 Å². The summed E-state index contributed by atoms with van der Waals surface area (Å²) >= 11 is 0. The molecule has 1 atom stereocenters. The van der Waals surface area contributed by atoms with Crippen molar-refractivity contribution < 1.29 is 4.74 Å². The van der Waals surface area contributed by atoms with Crippen molar-refractivity contribution in [3.63, 3.8) is 0 Å². The SMILES string of the molecule is C#CCOc1ccccc1-c1c(-c2ccccc2)ncn1[C@H]1CCNC1. The minimum Gasteiger partial charge on any atom is -0.480 e. The number of para-hydroxylation sites is 1. The van der Waals surface area contributed by atoms with Crippen LogP contribution in [0.25, 0.3) is 22.5 Å². The Hall–Kier alpha value is -3.03. The highest BCUT2D eigenvalue weighted by Crippen LogP contribution is 2.38. The largest absolute Gasteiger partial charge is 0.480 e. The quantitative estimate of drug-likeness (QED) is 0.717. The van der Waals surface area contributed by atoms with Crippen molar-refractivity contribution >= 4 is 0 Å². The first-order chi connectivity index (χ1) is 12.9. The Labute approximate surface area is 153 Å². The van der Waals surface area contributed by atoms with Crippen LogP contribution in [0.3, 0.4) is 0 Å². The molecule has 1 N–H and O–H groups in total. The summed E-state index contributed by atoms with van der Waals surface area (Å²) in [4.78, 5) is 4.77. The molecule has 1 aliphatic heterocycles. The van der Waals surface area contributed by atoms with Crippen LogP contribution in [0, 0.1) is 12.3 Å². The Balaban J connectivity index is 1.88. The van der Waals surface area contributed by atoms with E-state index in [-0.39, 0.29) is 6.61 Å². The van der Waals surface area contributed by atoms with Crippen molar-refractivity contribution in [1.82, 2.24) is 14.9 Å². The molecule has 130 valence electrons. The van der Waals surface area contributed by atoms with Crippen molar-refractivity contribution in [3.05, 3.63) is 60.9 Å². The Morgan fingerprint density at radius 1 is 1.15 bits per heavy atom. The third-order valence-corrected chi connectivity index (χ3v) is 4.72. The monoisotopic (exact) mass is 343 g/mol. The standard InChI is InChI=1S/C22H21N3O/c1-2-14-26-20-11-7-6-10-19(20)22-21(17-8-4-3-5-9-17)24-16-25(22)18-12-13-23-15-18/h1,3-11,16,18,23H,12-15H2/t18-/m0/s1. The zero-order valence-electron chi connectivity index (χ0n) is 14.6. The van der Waals surface area contributed by atoms with E-state index < -0.39 is 0 Å². The summed E-state index contributed by atoms with van der Waals surface area (Å²) in [6, 6.07) is 18.7. The van der Waals surface area contributed by atoms with E-state index in [4.69, 9.17) is 16.1 Å². The Kier molecular flexibility index (Phi) is 4.72. The van der Waals surface area contributed by atoms with Gasteiger partial charge in [0.15, 0.2) is 0 Å². The van der Waals surface area contributed by atoms with E-state index in [2.05, 4.69) is 34.0 Å². The van der Waals surface area contributed by atoms with E-state index >= 15 is 0 Å². The van der Waals surface area contributed by atoms with Gasteiger partial charge in [0, 0.05) is 23.7 Å². The van der Waals surface area contributed by atoms with Gasteiger partial charge in [-0.1, -0.05) is 48.4 Å². The molecule has 1 saturated heterocycles. The van der Waals surface area contributed by atoms with Crippen LogP contribution in [0.4, 0.5) is 0 Å². The van der Waals surface area contributed by atoms with Gasteiger partial charge in [-0.2, -0.15) is 0 Å². The number of nitrogens with one attached hydrogen (secondary N) is 1. The molecule has 0 saturated carbocycles. The number of hydrogen-bond donors (Lipinski definition) is 1. The van der Waals surface area contributed by atoms with Gasteiger partial charge in [0.1, 0.15) is 12.4 Å². The minimum absolute atomic E-state index is 0.247. The minimum atomic E-state index is 0.247. The Morgan fingerprint density at radius 2 is 1.96 bits per heavy atom. The maximum atomic E-state index is 5.83. The molecule has 1 aromatic heterocycles. The van der Waals surface area contributed by atoms with Crippen LogP contribution in [0.2, 0.25) is 0 Å². The number of hydrogen-bond acceptors (Lipinski definition) is 3. The molecule has 3 aromatic rings. The molecule has 4 heteroatoms.